The number of hydrogen-bond donors (Lipinski definition) is 2. The van der Waals surface area contributed by atoms with E-state index in [1.807, 2.05) is 0 Å². The normalized spacial score (nSPS) is 12.6. The van der Waals surface area contributed by atoms with Crippen molar-refractivity contribution in [3.05, 3.63) is 0 Å². The molecule has 0 bridgehead atoms. The van der Waals surface area contributed by atoms with Crippen molar-refractivity contribution in [3.8, 4) is 0 Å². The highest BCUT2D eigenvalue weighted by Crippen LogP contribution is 2.70. The lowest BCUT2D eigenvalue weighted by molar-refractivity contribution is 0.196. The number of hydrogen-bond acceptors (Lipinski definition) is 7. The van der Waals surface area contributed by atoms with Gasteiger partial charge in [0.25, 0.3) is 5.52 Å². The van der Waals surface area contributed by atoms with Crippen molar-refractivity contribution < 1.29 is 27.2 Å². The van der Waals surface area contributed by atoms with Gasteiger partial charge in [-0.15, -0.1) is 0 Å². The fourth-order valence-electron chi connectivity index (χ4n) is 1.51. The molecule has 0 fully saturated rings. The minimum atomic E-state index is -3.92. The molecule has 0 heterocycles. The predicted molar refractivity (Wildman–Crippen MR) is 81.3 cm³/mol. The van der Waals surface area contributed by atoms with Crippen LogP contribution in [0.2, 0.25) is 0 Å². The Hall–Kier alpha value is -0.430. The van der Waals surface area contributed by atoms with Crippen LogP contribution in [0.3, 0.4) is 0 Å². The van der Waals surface area contributed by atoms with Gasteiger partial charge in [0, 0.05) is 0 Å². The zero-order valence-corrected chi connectivity index (χ0v) is 14.6. The van der Waals surface area contributed by atoms with Crippen LogP contribution in [-0.4, -0.2) is 37.9 Å². The summed E-state index contributed by atoms with van der Waals surface area (Å²) in [5.41, 5.74) is 9.11. The SMILES string of the molecule is CCOP(=O)(OCC)C(N=C(N)N)P(=O)(OCC)OCC. The van der Waals surface area contributed by atoms with Gasteiger partial charge in [0.15, 0.2) is 5.96 Å². The van der Waals surface area contributed by atoms with Crippen LogP contribution in [0.25, 0.3) is 0 Å². The monoisotopic (exact) mass is 345 g/mol. The predicted octanol–water partition coefficient (Wildman–Crippen LogP) is 2.08. The van der Waals surface area contributed by atoms with Crippen LogP contribution in [-0.2, 0) is 27.2 Å². The van der Waals surface area contributed by atoms with E-state index >= 15 is 0 Å². The quantitative estimate of drug-likeness (QED) is 0.330. The lowest BCUT2D eigenvalue weighted by Crippen LogP contribution is -2.27. The Morgan fingerprint density at radius 2 is 1.14 bits per heavy atom. The van der Waals surface area contributed by atoms with E-state index in [0.29, 0.717) is 0 Å². The molecule has 0 saturated carbocycles. The molecular formula is C10H25N3O6P2. The first kappa shape index (κ1) is 20.6. The first-order valence-corrected chi connectivity index (χ1v) is 9.88. The highest BCUT2D eigenvalue weighted by atomic mass is 31.2. The first-order chi connectivity index (χ1) is 9.79. The van der Waals surface area contributed by atoms with E-state index in [-0.39, 0.29) is 26.4 Å². The van der Waals surface area contributed by atoms with Crippen LogP contribution < -0.4 is 11.5 Å². The summed E-state index contributed by atoms with van der Waals surface area (Å²) in [6, 6.07) is 0. The molecule has 9 nitrogen and oxygen atoms in total. The third-order valence-corrected chi connectivity index (χ3v) is 7.60. The van der Waals surface area contributed by atoms with E-state index in [4.69, 9.17) is 29.6 Å². The number of nitrogens with two attached hydrogens (primary N) is 2. The summed E-state index contributed by atoms with van der Waals surface area (Å²) in [5.74, 6) is -0.417. The van der Waals surface area contributed by atoms with Crippen molar-refractivity contribution in [2.75, 3.05) is 26.4 Å². The average Bonchev–Trinajstić information content (AvgIpc) is 2.36. The molecule has 0 aromatic carbocycles. The second-order valence-corrected chi connectivity index (χ2v) is 8.23. The average molecular weight is 345 g/mol. The van der Waals surface area contributed by atoms with Crippen LogP contribution in [0.5, 0.6) is 0 Å². The summed E-state index contributed by atoms with van der Waals surface area (Å²) in [4.78, 5) is 3.74. The lowest BCUT2D eigenvalue weighted by Gasteiger charge is -2.28. The number of guanidine groups is 1. The standard InChI is InChI=1S/C10H25N3O6P2/c1-5-16-20(14,17-6-2)10(13-9(11)12)21(15,18-7-3)19-8-4/h10H,5-8H2,1-4H3,(H4,11,12,13). The largest absolute Gasteiger partial charge is 0.370 e. The van der Waals surface area contributed by atoms with Gasteiger partial charge < -0.3 is 29.6 Å². The molecule has 0 aromatic rings. The fraction of sp³-hybridized carbons (Fsp3) is 0.900. The van der Waals surface area contributed by atoms with Crippen LogP contribution in [0, 0.1) is 0 Å². The summed E-state index contributed by atoms with van der Waals surface area (Å²) in [7, 11) is -7.85. The van der Waals surface area contributed by atoms with Gasteiger partial charge in [-0.1, -0.05) is 0 Å². The molecule has 0 aliphatic carbocycles. The van der Waals surface area contributed by atoms with Crippen molar-refractivity contribution in [1.29, 1.82) is 0 Å². The van der Waals surface area contributed by atoms with Crippen molar-refractivity contribution >= 4 is 21.2 Å². The third kappa shape index (κ3) is 6.06. The van der Waals surface area contributed by atoms with E-state index < -0.39 is 26.7 Å². The topological polar surface area (TPSA) is 135 Å². The van der Waals surface area contributed by atoms with Crippen LogP contribution in [0.15, 0.2) is 4.99 Å². The Balaban J connectivity index is 5.87. The van der Waals surface area contributed by atoms with E-state index in [1.165, 1.54) is 0 Å². The van der Waals surface area contributed by atoms with Crippen LogP contribution >= 0.6 is 15.2 Å². The van der Waals surface area contributed by atoms with Gasteiger partial charge in [-0.3, -0.25) is 9.13 Å². The molecule has 0 unspecified atom stereocenters. The summed E-state index contributed by atoms with van der Waals surface area (Å²) in [6.07, 6.45) is 0. The minimum Gasteiger partial charge on any atom is -0.370 e. The van der Waals surface area contributed by atoms with Gasteiger partial charge in [0.05, 0.1) is 26.4 Å². The maximum atomic E-state index is 12.9. The van der Waals surface area contributed by atoms with Gasteiger partial charge in [-0.05, 0) is 27.7 Å². The van der Waals surface area contributed by atoms with Crippen molar-refractivity contribution in [2.24, 2.45) is 16.5 Å². The molecule has 0 saturated heterocycles. The molecule has 0 radical (unpaired) electrons. The fourth-order valence-corrected chi connectivity index (χ4v) is 6.37. The molecule has 0 spiro atoms. The van der Waals surface area contributed by atoms with E-state index in [9.17, 15) is 9.13 Å². The summed E-state index contributed by atoms with van der Waals surface area (Å²) >= 11 is 0. The third-order valence-electron chi connectivity index (χ3n) is 2.07. The Morgan fingerprint density at radius 3 is 1.33 bits per heavy atom. The van der Waals surface area contributed by atoms with Crippen LogP contribution in [0.1, 0.15) is 27.7 Å². The number of rotatable bonds is 11. The highest BCUT2D eigenvalue weighted by Gasteiger charge is 2.51. The summed E-state index contributed by atoms with van der Waals surface area (Å²) < 4.78 is 46.3. The molecule has 4 N–H and O–H groups in total. The first-order valence-electron chi connectivity index (χ1n) is 6.65. The van der Waals surface area contributed by atoms with Crippen molar-refractivity contribution in [3.63, 3.8) is 0 Å². The van der Waals surface area contributed by atoms with Crippen molar-refractivity contribution in [2.45, 2.75) is 33.2 Å². The second-order valence-electron chi connectivity index (χ2n) is 3.65. The lowest BCUT2D eigenvalue weighted by atomic mass is 10.9. The molecule has 0 rings (SSSR count). The van der Waals surface area contributed by atoms with E-state index in [1.54, 1.807) is 27.7 Å². The van der Waals surface area contributed by atoms with Crippen LogP contribution in [0.4, 0.5) is 0 Å². The van der Waals surface area contributed by atoms with Crippen molar-refractivity contribution in [1.82, 2.24) is 0 Å². The van der Waals surface area contributed by atoms with E-state index in [0.717, 1.165) is 0 Å². The molecule has 0 aliphatic rings. The molecular weight excluding hydrogens is 320 g/mol. The summed E-state index contributed by atoms with van der Waals surface area (Å²) in [5, 5.41) is 0. The molecule has 0 aliphatic heterocycles. The maximum Gasteiger partial charge on any atom is 0.367 e. The van der Waals surface area contributed by atoms with Gasteiger partial charge >= 0.3 is 15.2 Å². The molecule has 21 heavy (non-hydrogen) atoms. The molecule has 0 amide bonds. The van der Waals surface area contributed by atoms with Gasteiger partial charge in [0.1, 0.15) is 0 Å². The van der Waals surface area contributed by atoms with Gasteiger partial charge in [-0.2, -0.15) is 0 Å². The highest BCUT2D eigenvalue weighted by molar-refractivity contribution is 7.72. The molecule has 11 heteroatoms. The molecule has 0 atom stereocenters. The van der Waals surface area contributed by atoms with Gasteiger partial charge in [0.2, 0.25) is 0 Å². The Labute approximate surface area is 125 Å². The molecule has 126 valence electrons. The van der Waals surface area contributed by atoms with Gasteiger partial charge in [-0.25, -0.2) is 4.99 Å². The molecule has 0 aromatic heterocycles. The zero-order valence-electron chi connectivity index (χ0n) is 12.9. The Morgan fingerprint density at radius 1 is 0.857 bits per heavy atom. The Kier molecular flexibility index (Phi) is 9.36. The second kappa shape index (κ2) is 9.56. The maximum absolute atomic E-state index is 12.9. The summed E-state index contributed by atoms with van der Waals surface area (Å²) in [6.45, 7) is 6.71. The number of nitrogens with zero attached hydrogens (tertiary/aromatic N) is 1. The minimum absolute atomic E-state index is 0.0615. The number of aliphatic imine (C=N–C) groups is 1. The smallest absolute Gasteiger partial charge is 0.367 e. The van der Waals surface area contributed by atoms with E-state index in [2.05, 4.69) is 4.99 Å². The zero-order chi connectivity index (χ0) is 16.5. The Bertz CT molecular complexity index is 377.